The highest BCUT2D eigenvalue weighted by Gasteiger charge is 2.15. The summed E-state index contributed by atoms with van der Waals surface area (Å²) in [7, 11) is 0. The van der Waals surface area contributed by atoms with Crippen molar-refractivity contribution in [1.82, 2.24) is 0 Å². The molecule has 0 saturated heterocycles. The van der Waals surface area contributed by atoms with E-state index in [1.807, 2.05) is 30.3 Å². The molecule has 0 saturated carbocycles. The summed E-state index contributed by atoms with van der Waals surface area (Å²) in [5.74, 6) is 0. The predicted octanol–water partition coefficient (Wildman–Crippen LogP) is 2.88. The van der Waals surface area contributed by atoms with Gasteiger partial charge in [0, 0.05) is 0 Å². The maximum atomic E-state index is 8.89. The lowest BCUT2D eigenvalue weighted by Crippen LogP contribution is -2.10. The molecular weight excluding hydrogens is 284 g/mol. The van der Waals surface area contributed by atoms with Crippen molar-refractivity contribution in [3.8, 4) is 0 Å². The first kappa shape index (κ1) is 10.2. The Morgan fingerprint density at radius 1 is 1.17 bits per heavy atom. The van der Waals surface area contributed by atoms with E-state index in [-0.39, 0.29) is 16.3 Å². The minimum Gasteiger partial charge on any atom is -0.395 e. The molecule has 0 aliphatic heterocycles. The Kier molecular flexibility index (Phi) is 4.26. The lowest BCUT2D eigenvalue weighted by molar-refractivity contribution is 0.296. The van der Waals surface area contributed by atoms with Gasteiger partial charge in [0.2, 0.25) is 0 Å². The van der Waals surface area contributed by atoms with Gasteiger partial charge in [-0.1, -0.05) is 62.2 Å². The van der Waals surface area contributed by atoms with E-state index in [1.165, 1.54) is 5.56 Å². The van der Waals surface area contributed by atoms with Gasteiger partial charge in [-0.2, -0.15) is 0 Å². The summed E-state index contributed by atoms with van der Waals surface area (Å²) < 4.78 is 0. The summed E-state index contributed by atoms with van der Waals surface area (Å²) in [5.41, 5.74) is 1.17. The fourth-order valence-corrected chi connectivity index (χ4v) is 1.72. The second-order valence-electron chi connectivity index (χ2n) is 2.51. The maximum absolute atomic E-state index is 8.89. The minimum absolute atomic E-state index is 0.0694. The molecule has 12 heavy (non-hydrogen) atoms. The molecular formula is C9H10Br2O. The zero-order valence-corrected chi connectivity index (χ0v) is 9.62. The van der Waals surface area contributed by atoms with Crippen molar-refractivity contribution in [2.75, 3.05) is 6.61 Å². The normalized spacial score (nSPS) is 15.6. The molecule has 1 rings (SSSR count). The molecule has 0 fully saturated rings. The lowest BCUT2D eigenvalue weighted by atomic mass is 10.1. The molecule has 2 atom stereocenters. The molecule has 1 nitrogen and oxygen atoms in total. The van der Waals surface area contributed by atoms with Crippen molar-refractivity contribution < 1.29 is 5.11 Å². The molecule has 0 bridgehead atoms. The van der Waals surface area contributed by atoms with E-state index in [9.17, 15) is 0 Å². The minimum atomic E-state index is 0.0694. The quantitative estimate of drug-likeness (QED) is 0.850. The Hall–Kier alpha value is 0.140. The Bertz CT molecular complexity index is 225. The average Bonchev–Trinajstić information content (AvgIpc) is 2.17. The molecule has 0 aliphatic carbocycles. The summed E-state index contributed by atoms with van der Waals surface area (Å²) in [4.78, 5) is 0.239. The largest absolute Gasteiger partial charge is 0.395 e. The van der Waals surface area contributed by atoms with Crippen LogP contribution < -0.4 is 0 Å². The molecule has 0 spiro atoms. The van der Waals surface area contributed by atoms with E-state index in [0.29, 0.717) is 0 Å². The number of halogens is 2. The van der Waals surface area contributed by atoms with Crippen LogP contribution in [0.2, 0.25) is 0 Å². The molecule has 0 unspecified atom stereocenters. The zero-order valence-electron chi connectivity index (χ0n) is 6.45. The molecule has 0 aromatic heterocycles. The van der Waals surface area contributed by atoms with Crippen LogP contribution in [0.3, 0.4) is 0 Å². The second kappa shape index (κ2) is 5.00. The van der Waals surface area contributed by atoms with Crippen molar-refractivity contribution >= 4 is 31.9 Å². The van der Waals surface area contributed by atoms with Crippen LogP contribution in [0.4, 0.5) is 0 Å². The third-order valence-corrected chi connectivity index (χ3v) is 4.30. The molecule has 66 valence electrons. The Morgan fingerprint density at radius 3 is 2.25 bits per heavy atom. The third kappa shape index (κ3) is 2.57. The van der Waals surface area contributed by atoms with Gasteiger partial charge in [-0.25, -0.2) is 0 Å². The number of hydrogen-bond acceptors (Lipinski definition) is 1. The van der Waals surface area contributed by atoms with Gasteiger partial charge in [-0.15, -0.1) is 0 Å². The molecule has 0 radical (unpaired) electrons. The molecule has 3 heteroatoms. The third-order valence-electron chi connectivity index (χ3n) is 1.61. The lowest BCUT2D eigenvalue weighted by Gasteiger charge is -2.14. The van der Waals surface area contributed by atoms with Gasteiger partial charge >= 0.3 is 0 Å². The maximum Gasteiger partial charge on any atom is 0.0570 e. The zero-order chi connectivity index (χ0) is 8.97. The van der Waals surface area contributed by atoms with Crippen LogP contribution in [0.15, 0.2) is 30.3 Å². The first-order valence-corrected chi connectivity index (χ1v) is 5.52. The van der Waals surface area contributed by atoms with Gasteiger partial charge in [0.25, 0.3) is 0 Å². The number of aliphatic hydroxyl groups excluding tert-OH is 1. The Labute approximate surface area is 89.1 Å². The highest BCUT2D eigenvalue weighted by atomic mass is 79.9. The average molecular weight is 294 g/mol. The van der Waals surface area contributed by atoms with Gasteiger partial charge in [0.15, 0.2) is 0 Å². The second-order valence-corrected chi connectivity index (χ2v) is 4.67. The molecule has 1 aromatic rings. The molecule has 0 aliphatic rings. The van der Waals surface area contributed by atoms with Crippen LogP contribution in [-0.4, -0.2) is 16.5 Å². The van der Waals surface area contributed by atoms with E-state index in [0.717, 1.165) is 0 Å². The standard InChI is InChI=1S/C9H10Br2O/c10-8(6-12)9(11)7-4-2-1-3-5-7/h1-5,8-9,12H,6H2/t8-,9-/m1/s1. The Balaban J connectivity index is 2.71. The van der Waals surface area contributed by atoms with Crippen LogP contribution in [0, 0.1) is 0 Å². The van der Waals surface area contributed by atoms with Crippen molar-refractivity contribution in [1.29, 1.82) is 0 Å². The monoisotopic (exact) mass is 292 g/mol. The van der Waals surface area contributed by atoms with Crippen LogP contribution in [0.25, 0.3) is 0 Å². The van der Waals surface area contributed by atoms with Crippen LogP contribution in [0.1, 0.15) is 10.4 Å². The topological polar surface area (TPSA) is 20.2 Å². The van der Waals surface area contributed by atoms with E-state index in [1.54, 1.807) is 0 Å². The fourth-order valence-electron chi connectivity index (χ4n) is 0.938. The predicted molar refractivity (Wildman–Crippen MR) is 57.9 cm³/mol. The van der Waals surface area contributed by atoms with Crippen molar-refractivity contribution in [3.05, 3.63) is 35.9 Å². The fraction of sp³-hybridized carbons (Fsp3) is 0.333. The number of rotatable bonds is 3. The highest BCUT2D eigenvalue weighted by Crippen LogP contribution is 2.30. The van der Waals surface area contributed by atoms with Gasteiger partial charge in [-0.3, -0.25) is 0 Å². The Morgan fingerprint density at radius 2 is 1.75 bits per heavy atom. The molecule has 1 N–H and O–H groups in total. The van der Waals surface area contributed by atoms with Crippen molar-refractivity contribution in [3.63, 3.8) is 0 Å². The van der Waals surface area contributed by atoms with Gasteiger partial charge in [0.05, 0.1) is 16.3 Å². The van der Waals surface area contributed by atoms with E-state index in [2.05, 4.69) is 31.9 Å². The van der Waals surface area contributed by atoms with Gasteiger partial charge in [0.1, 0.15) is 0 Å². The van der Waals surface area contributed by atoms with E-state index < -0.39 is 0 Å². The SMILES string of the molecule is OC[C@@H](Br)[C@H](Br)c1ccccc1. The summed E-state index contributed by atoms with van der Waals surface area (Å²) in [5, 5.41) is 8.89. The summed E-state index contributed by atoms with van der Waals surface area (Å²) >= 11 is 6.89. The first-order valence-electron chi connectivity index (χ1n) is 3.69. The van der Waals surface area contributed by atoms with Gasteiger partial charge < -0.3 is 5.11 Å². The van der Waals surface area contributed by atoms with Crippen LogP contribution in [-0.2, 0) is 0 Å². The number of alkyl halides is 2. The number of benzene rings is 1. The number of hydrogen-bond donors (Lipinski definition) is 1. The van der Waals surface area contributed by atoms with Crippen molar-refractivity contribution in [2.24, 2.45) is 0 Å². The molecule has 1 aromatic carbocycles. The van der Waals surface area contributed by atoms with Crippen molar-refractivity contribution in [2.45, 2.75) is 9.65 Å². The first-order chi connectivity index (χ1) is 5.75. The highest BCUT2D eigenvalue weighted by molar-refractivity contribution is 9.12. The van der Waals surface area contributed by atoms with Crippen LogP contribution >= 0.6 is 31.9 Å². The number of aliphatic hydroxyl groups is 1. The summed E-state index contributed by atoms with van der Waals surface area (Å²) in [6.07, 6.45) is 0. The molecule has 0 heterocycles. The smallest absolute Gasteiger partial charge is 0.0570 e. The van der Waals surface area contributed by atoms with E-state index in [4.69, 9.17) is 5.11 Å². The van der Waals surface area contributed by atoms with E-state index >= 15 is 0 Å². The van der Waals surface area contributed by atoms with Crippen LogP contribution in [0.5, 0.6) is 0 Å². The molecule has 0 amide bonds. The summed E-state index contributed by atoms with van der Waals surface area (Å²) in [6, 6.07) is 10.0. The van der Waals surface area contributed by atoms with Gasteiger partial charge in [-0.05, 0) is 5.56 Å². The summed E-state index contributed by atoms with van der Waals surface area (Å²) in [6.45, 7) is 0.130.